The van der Waals surface area contributed by atoms with Crippen LogP contribution in [0.15, 0.2) is 24.3 Å². The maximum absolute atomic E-state index is 11.8. The molecule has 1 amide bonds. The van der Waals surface area contributed by atoms with E-state index in [2.05, 4.69) is 19.2 Å². The van der Waals surface area contributed by atoms with Crippen molar-refractivity contribution in [2.45, 2.75) is 58.5 Å². The Hall–Kier alpha value is -1.55. The Balaban J connectivity index is 2.14. The van der Waals surface area contributed by atoms with Gasteiger partial charge in [-0.05, 0) is 25.5 Å². The normalized spacial score (nSPS) is 12.1. The van der Waals surface area contributed by atoms with Crippen molar-refractivity contribution in [3.8, 4) is 0 Å². The average molecular weight is 292 g/mol. The lowest BCUT2D eigenvalue weighted by Gasteiger charge is -2.13. The summed E-state index contributed by atoms with van der Waals surface area (Å²) < 4.78 is 5.67. The third kappa shape index (κ3) is 7.71. The minimum absolute atomic E-state index is 0.0638. The van der Waals surface area contributed by atoms with E-state index in [9.17, 15) is 4.79 Å². The summed E-state index contributed by atoms with van der Waals surface area (Å²) in [5.74, 6) is -0.0638. The first-order valence-electron chi connectivity index (χ1n) is 7.89. The number of ether oxygens (including phenoxy) is 1. The van der Waals surface area contributed by atoms with Gasteiger partial charge >= 0.3 is 0 Å². The number of hydrogen-bond donors (Lipinski definition) is 2. The lowest BCUT2D eigenvalue weighted by molar-refractivity contribution is -0.117. The summed E-state index contributed by atoms with van der Waals surface area (Å²) in [4.78, 5) is 11.8. The molecule has 1 unspecified atom stereocenters. The van der Waals surface area contributed by atoms with Crippen LogP contribution >= 0.6 is 0 Å². The zero-order valence-electron chi connectivity index (χ0n) is 13.2. The summed E-state index contributed by atoms with van der Waals surface area (Å²) in [5, 5.41) is 2.80. The lowest BCUT2D eigenvalue weighted by atomic mass is 10.1. The van der Waals surface area contributed by atoms with Gasteiger partial charge in [-0.2, -0.15) is 0 Å². The number of nitrogen functional groups attached to an aromatic ring is 1. The third-order valence-electron chi connectivity index (χ3n) is 3.43. The van der Waals surface area contributed by atoms with Crippen molar-refractivity contribution in [2.75, 3.05) is 17.7 Å². The van der Waals surface area contributed by atoms with Crippen LogP contribution in [-0.2, 0) is 9.53 Å². The van der Waals surface area contributed by atoms with Crippen LogP contribution in [0.3, 0.4) is 0 Å². The van der Waals surface area contributed by atoms with Crippen molar-refractivity contribution in [1.82, 2.24) is 0 Å². The van der Waals surface area contributed by atoms with Gasteiger partial charge in [0.1, 0.15) is 0 Å². The van der Waals surface area contributed by atoms with E-state index in [0.717, 1.165) is 6.42 Å². The fourth-order valence-corrected chi connectivity index (χ4v) is 2.12. The molecule has 0 aliphatic heterocycles. The Bertz CT molecular complexity index is 421. The zero-order chi connectivity index (χ0) is 15.5. The quantitative estimate of drug-likeness (QED) is 0.506. The van der Waals surface area contributed by atoms with Crippen molar-refractivity contribution in [3.05, 3.63) is 24.3 Å². The van der Waals surface area contributed by atoms with Crippen LogP contribution in [0.5, 0.6) is 0 Å². The number of nitrogens with two attached hydrogens (primary N) is 1. The third-order valence-corrected chi connectivity index (χ3v) is 3.43. The highest BCUT2D eigenvalue weighted by Gasteiger charge is 2.07. The summed E-state index contributed by atoms with van der Waals surface area (Å²) in [6.07, 6.45) is 6.63. The molecule has 1 rings (SSSR count). The molecule has 4 heteroatoms. The first kappa shape index (κ1) is 17.5. The Morgan fingerprint density at radius 2 is 2.05 bits per heavy atom. The van der Waals surface area contributed by atoms with Gasteiger partial charge in [-0.15, -0.1) is 0 Å². The van der Waals surface area contributed by atoms with Gasteiger partial charge in [-0.25, -0.2) is 0 Å². The highest BCUT2D eigenvalue weighted by molar-refractivity contribution is 5.93. The van der Waals surface area contributed by atoms with Gasteiger partial charge in [0.2, 0.25) is 5.91 Å². The van der Waals surface area contributed by atoms with Crippen LogP contribution in [0.4, 0.5) is 11.4 Å². The summed E-state index contributed by atoms with van der Waals surface area (Å²) in [5.41, 5.74) is 7.02. The predicted octanol–water partition coefficient (Wildman–Crippen LogP) is 3.97. The Morgan fingerprint density at radius 3 is 2.76 bits per heavy atom. The summed E-state index contributed by atoms with van der Waals surface area (Å²) in [6.45, 7) is 4.73. The molecule has 0 heterocycles. The van der Waals surface area contributed by atoms with Gasteiger partial charge in [0.05, 0.1) is 30.5 Å². The van der Waals surface area contributed by atoms with E-state index in [1.165, 1.54) is 25.7 Å². The van der Waals surface area contributed by atoms with E-state index >= 15 is 0 Å². The van der Waals surface area contributed by atoms with Crippen molar-refractivity contribution in [3.63, 3.8) is 0 Å². The molecule has 0 saturated heterocycles. The summed E-state index contributed by atoms with van der Waals surface area (Å²) in [6, 6.07) is 7.25. The SMILES string of the molecule is CCCCCCC(C)OCCC(=O)Nc1ccccc1N. The van der Waals surface area contributed by atoms with Crippen LogP contribution in [0.1, 0.15) is 52.4 Å². The van der Waals surface area contributed by atoms with Gasteiger partial charge in [-0.3, -0.25) is 4.79 Å². The Labute approximate surface area is 128 Å². The van der Waals surface area contributed by atoms with E-state index in [-0.39, 0.29) is 12.0 Å². The van der Waals surface area contributed by atoms with Crippen molar-refractivity contribution < 1.29 is 9.53 Å². The van der Waals surface area contributed by atoms with Gasteiger partial charge in [-0.1, -0.05) is 44.7 Å². The Kier molecular flexibility index (Phi) is 8.51. The molecule has 21 heavy (non-hydrogen) atoms. The van der Waals surface area contributed by atoms with Crippen molar-refractivity contribution >= 4 is 17.3 Å². The fourth-order valence-electron chi connectivity index (χ4n) is 2.12. The predicted molar refractivity (Wildman–Crippen MR) is 88.3 cm³/mol. The summed E-state index contributed by atoms with van der Waals surface area (Å²) >= 11 is 0. The average Bonchev–Trinajstić information content (AvgIpc) is 2.46. The molecule has 0 fully saturated rings. The molecule has 1 aromatic carbocycles. The van der Waals surface area contributed by atoms with Crippen LogP contribution in [-0.4, -0.2) is 18.6 Å². The lowest BCUT2D eigenvalue weighted by Crippen LogP contribution is -2.17. The number of hydrogen-bond acceptors (Lipinski definition) is 3. The molecule has 0 aliphatic carbocycles. The summed E-state index contributed by atoms with van der Waals surface area (Å²) in [7, 11) is 0. The molecular weight excluding hydrogens is 264 g/mol. The standard InChI is InChI=1S/C17H28N2O2/c1-3-4-5-6-9-14(2)21-13-12-17(20)19-16-11-8-7-10-15(16)18/h7-8,10-11,14H,3-6,9,12-13,18H2,1-2H3,(H,19,20). The van der Waals surface area contributed by atoms with Crippen LogP contribution in [0, 0.1) is 0 Å². The van der Waals surface area contributed by atoms with Crippen molar-refractivity contribution in [2.24, 2.45) is 0 Å². The Morgan fingerprint density at radius 1 is 1.29 bits per heavy atom. The number of para-hydroxylation sites is 2. The smallest absolute Gasteiger partial charge is 0.226 e. The number of nitrogens with one attached hydrogen (secondary N) is 1. The maximum Gasteiger partial charge on any atom is 0.226 e. The molecule has 118 valence electrons. The molecule has 0 saturated carbocycles. The first-order valence-corrected chi connectivity index (χ1v) is 7.89. The molecule has 0 radical (unpaired) electrons. The molecular formula is C17H28N2O2. The second-order valence-electron chi connectivity index (χ2n) is 5.42. The van der Waals surface area contributed by atoms with Gasteiger partial charge in [0.25, 0.3) is 0 Å². The van der Waals surface area contributed by atoms with E-state index in [4.69, 9.17) is 10.5 Å². The molecule has 1 atom stereocenters. The van der Waals surface area contributed by atoms with Crippen LogP contribution < -0.4 is 11.1 Å². The number of carbonyl (C=O) groups excluding carboxylic acids is 1. The van der Waals surface area contributed by atoms with Crippen molar-refractivity contribution in [1.29, 1.82) is 0 Å². The minimum atomic E-state index is -0.0638. The molecule has 1 aromatic rings. The number of amides is 1. The highest BCUT2D eigenvalue weighted by atomic mass is 16.5. The molecule has 0 aromatic heterocycles. The van der Waals surface area contributed by atoms with E-state index in [1.807, 2.05) is 12.1 Å². The number of unbranched alkanes of at least 4 members (excludes halogenated alkanes) is 3. The first-order chi connectivity index (χ1) is 10.1. The number of anilines is 2. The highest BCUT2D eigenvalue weighted by Crippen LogP contribution is 2.16. The molecule has 0 aliphatic rings. The second-order valence-corrected chi connectivity index (χ2v) is 5.42. The number of rotatable bonds is 10. The zero-order valence-corrected chi connectivity index (χ0v) is 13.2. The van der Waals surface area contributed by atoms with Gasteiger partial charge in [0, 0.05) is 0 Å². The molecule has 0 spiro atoms. The maximum atomic E-state index is 11.8. The fraction of sp³-hybridized carbons (Fsp3) is 0.588. The largest absolute Gasteiger partial charge is 0.397 e. The topological polar surface area (TPSA) is 64.3 Å². The second kappa shape index (κ2) is 10.2. The number of carbonyl (C=O) groups is 1. The van der Waals surface area contributed by atoms with E-state index in [1.54, 1.807) is 12.1 Å². The monoisotopic (exact) mass is 292 g/mol. The van der Waals surface area contributed by atoms with Gasteiger partial charge in [0.15, 0.2) is 0 Å². The van der Waals surface area contributed by atoms with E-state index in [0.29, 0.717) is 24.4 Å². The number of benzene rings is 1. The van der Waals surface area contributed by atoms with Crippen LogP contribution in [0.25, 0.3) is 0 Å². The minimum Gasteiger partial charge on any atom is -0.397 e. The van der Waals surface area contributed by atoms with Crippen LogP contribution in [0.2, 0.25) is 0 Å². The molecule has 0 bridgehead atoms. The molecule has 3 N–H and O–H groups in total. The van der Waals surface area contributed by atoms with E-state index < -0.39 is 0 Å². The van der Waals surface area contributed by atoms with Gasteiger partial charge < -0.3 is 15.8 Å². The molecule has 4 nitrogen and oxygen atoms in total.